The lowest BCUT2D eigenvalue weighted by Crippen LogP contribution is -2.62. The van der Waals surface area contributed by atoms with E-state index in [9.17, 15) is 25.2 Å². The van der Waals surface area contributed by atoms with Gasteiger partial charge in [0.15, 0.2) is 0 Å². The number of hydrogen-bond acceptors (Lipinski definition) is 7. The summed E-state index contributed by atoms with van der Waals surface area (Å²) >= 11 is 0. The first-order valence-corrected chi connectivity index (χ1v) is 16.8. The fourth-order valence-corrected chi connectivity index (χ4v) is 9.88. The predicted molar refractivity (Wildman–Crippen MR) is 164 cm³/mol. The number of rotatable bonds is 11. The smallest absolute Gasteiger partial charge is 0.146 e. The normalized spacial score (nSPS) is 35.5. The van der Waals surface area contributed by atoms with Gasteiger partial charge in [-0.3, -0.25) is 4.79 Å². The van der Waals surface area contributed by atoms with Crippen molar-refractivity contribution < 1.29 is 25.2 Å². The SMILES string of the molecule is C=C(/C=C/C=C(/CO)[C@H]1C[C@@H]2CSSCC/C(C=O)=C3\CC[C@@](C)(O)[C@]2([C@@H]3CCCO)[C@@H]1O)CCC=C(C)C. The highest BCUT2D eigenvalue weighted by atomic mass is 33.1. The Hall–Kier alpha value is -1.09. The average molecular weight is 577 g/mol. The summed E-state index contributed by atoms with van der Waals surface area (Å²) in [6.45, 7) is 10.0. The number of fused-ring (bicyclic) bond motifs is 1. The molecular weight excluding hydrogens is 528 g/mol. The molecule has 0 unspecified atom stereocenters. The summed E-state index contributed by atoms with van der Waals surface area (Å²) in [4.78, 5) is 12.3. The van der Waals surface area contributed by atoms with Gasteiger partial charge in [0.2, 0.25) is 0 Å². The molecule has 0 aromatic rings. The Morgan fingerprint density at radius 3 is 2.64 bits per heavy atom. The highest BCUT2D eigenvalue weighted by Crippen LogP contribution is 2.66. The number of allylic oxidation sites excluding steroid dienone is 8. The van der Waals surface area contributed by atoms with E-state index in [0.29, 0.717) is 38.5 Å². The van der Waals surface area contributed by atoms with Crippen molar-refractivity contribution in [2.45, 2.75) is 83.8 Å². The van der Waals surface area contributed by atoms with Crippen LogP contribution in [0, 0.1) is 23.2 Å². The molecule has 39 heavy (non-hydrogen) atoms. The summed E-state index contributed by atoms with van der Waals surface area (Å²) in [7, 11) is 3.50. The zero-order valence-corrected chi connectivity index (χ0v) is 25.5. The molecule has 1 spiro atoms. The van der Waals surface area contributed by atoms with Gasteiger partial charge in [-0.2, -0.15) is 0 Å². The maximum atomic E-state index is 12.3. The van der Waals surface area contributed by atoms with Gasteiger partial charge in [-0.05, 0) is 95.1 Å². The van der Waals surface area contributed by atoms with Crippen LogP contribution in [0.5, 0.6) is 0 Å². The Labute approximate surface area is 243 Å². The molecule has 0 amide bonds. The Kier molecular flexibility index (Phi) is 12.2. The zero-order valence-electron chi connectivity index (χ0n) is 23.9. The molecule has 6 atom stereocenters. The maximum absolute atomic E-state index is 12.3. The summed E-state index contributed by atoms with van der Waals surface area (Å²) in [6, 6.07) is 0. The molecule has 7 heteroatoms. The van der Waals surface area contributed by atoms with Gasteiger partial charge in [-0.15, -0.1) is 0 Å². The van der Waals surface area contributed by atoms with E-state index in [4.69, 9.17) is 0 Å². The fourth-order valence-electron chi connectivity index (χ4n) is 7.41. The summed E-state index contributed by atoms with van der Waals surface area (Å²) < 4.78 is 0. The van der Waals surface area contributed by atoms with E-state index >= 15 is 0 Å². The standard InChI is InChI=1S/C32H48O5S2/c1-22(2)8-5-9-23(3)10-6-11-24(19-34)28-18-26-21-39-38-17-14-25(20-35)27-13-15-31(4,37)32(26,30(28)36)29(27)12-7-16-33/h6,8,10-11,20,26,28-30,33-34,36-37H,3,5,7,9,12-19,21H2,1-2,4H3/b10-6+,24-11-,27-25-/t26-,28-,29-,30-,31-,32-/m1/s1. The van der Waals surface area contributed by atoms with E-state index in [2.05, 4.69) is 26.5 Å². The van der Waals surface area contributed by atoms with Gasteiger partial charge in [0.25, 0.3) is 0 Å². The van der Waals surface area contributed by atoms with Gasteiger partial charge in [-0.25, -0.2) is 0 Å². The molecule has 0 radical (unpaired) electrons. The van der Waals surface area contributed by atoms with Crippen molar-refractivity contribution in [3.63, 3.8) is 0 Å². The number of aliphatic hydroxyl groups is 4. The first kappa shape index (κ1) is 32.4. The van der Waals surface area contributed by atoms with E-state index in [1.54, 1.807) is 21.6 Å². The first-order valence-electron chi connectivity index (χ1n) is 14.4. The van der Waals surface area contributed by atoms with Crippen molar-refractivity contribution in [3.05, 3.63) is 58.7 Å². The number of hydrogen-bond donors (Lipinski definition) is 4. The quantitative estimate of drug-likeness (QED) is 0.104. The number of carbonyl (C=O) groups excluding carboxylic acids is 1. The van der Waals surface area contributed by atoms with Crippen LogP contribution in [0.1, 0.15) is 72.1 Å². The second kappa shape index (κ2) is 14.7. The first-order chi connectivity index (χ1) is 18.6. The second-order valence-electron chi connectivity index (χ2n) is 11.9. The van der Waals surface area contributed by atoms with E-state index in [0.717, 1.165) is 52.9 Å². The molecule has 1 heterocycles. The molecule has 2 saturated carbocycles. The van der Waals surface area contributed by atoms with Crippen molar-refractivity contribution >= 4 is 27.9 Å². The lowest BCUT2D eigenvalue weighted by Gasteiger charge is -2.58. The van der Waals surface area contributed by atoms with Crippen LogP contribution in [0.3, 0.4) is 0 Å². The van der Waals surface area contributed by atoms with Crippen LogP contribution in [0.25, 0.3) is 0 Å². The monoisotopic (exact) mass is 576 g/mol. The predicted octanol–water partition coefficient (Wildman–Crippen LogP) is 5.96. The molecule has 0 aromatic carbocycles. The van der Waals surface area contributed by atoms with Crippen LogP contribution in [-0.4, -0.2) is 63.1 Å². The summed E-state index contributed by atoms with van der Waals surface area (Å²) in [6.07, 6.45) is 13.5. The lowest BCUT2D eigenvalue weighted by molar-refractivity contribution is -0.184. The van der Waals surface area contributed by atoms with E-state index in [-0.39, 0.29) is 31.0 Å². The third-order valence-corrected chi connectivity index (χ3v) is 11.7. The number of aldehydes is 1. The Morgan fingerprint density at radius 2 is 1.97 bits per heavy atom. The molecule has 218 valence electrons. The molecule has 0 aromatic heterocycles. The van der Waals surface area contributed by atoms with Gasteiger partial charge in [0.05, 0.1) is 18.3 Å². The van der Waals surface area contributed by atoms with Crippen LogP contribution in [0.2, 0.25) is 0 Å². The molecule has 2 bridgehead atoms. The molecule has 3 rings (SSSR count). The minimum absolute atomic E-state index is 0.00652. The summed E-state index contributed by atoms with van der Waals surface area (Å²) in [5, 5.41) is 44.6. The third kappa shape index (κ3) is 7.04. The zero-order chi connectivity index (χ0) is 28.6. The second-order valence-corrected chi connectivity index (χ2v) is 14.5. The van der Waals surface area contributed by atoms with Crippen molar-refractivity contribution in [3.8, 4) is 0 Å². The third-order valence-electron chi connectivity index (χ3n) is 9.23. The van der Waals surface area contributed by atoms with Gasteiger partial charge >= 0.3 is 0 Å². The average Bonchev–Trinajstić information content (AvgIpc) is 3.18. The van der Waals surface area contributed by atoms with Crippen LogP contribution in [-0.2, 0) is 4.79 Å². The molecule has 0 saturated heterocycles. The van der Waals surface area contributed by atoms with E-state index in [1.165, 1.54) is 5.57 Å². The molecule has 2 aliphatic carbocycles. The molecule has 1 aliphatic heterocycles. The minimum Gasteiger partial charge on any atom is -0.396 e. The molecule has 2 fully saturated rings. The maximum Gasteiger partial charge on any atom is 0.146 e. The van der Waals surface area contributed by atoms with Crippen molar-refractivity contribution in [1.29, 1.82) is 0 Å². The highest BCUT2D eigenvalue weighted by Gasteiger charge is 2.68. The Bertz CT molecular complexity index is 991. The van der Waals surface area contributed by atoms with Gasteiger partial charge in [-0.1, -0.05) is 69.2 Å². The summed E-state index contributed by atoms with van der Waals surface area (Å²) in [5.41, 5.74) is 2.89. The van der Waals surface area contributed by atoms with Crippen molar-refractivity contribution in [1.82, 2.24) is 0 Å². The molecule has 5 nitrogen and oxygen atoms in total. The highest BCUT2D eigenvalue weighted by molar-refractivity contribution is 8.76. The minimum atomic E-state index is -1.15. The number of carbonyl (C=O) groups is 1. The van der Waals surface area contributed by atoms with E-state index < -0.39 is 17.1 Å². The Morgan fingerprint density at radius 1 is 1.21 bits per heavy atom. The van der Waals surface area contributed by atoms with Gasteiger partial charge < -0.3 is 20.4 Å². The fraction of sp³-hybridized carbons (Fsp3) is 0.656. The van der Waals surface area contributed by atoms with E-state index in [1.807, 2.05) is 25.2 Å². The van der Waals surface area contributed by atoms with Crippen LogP contribution in [0.4, 0.5) is 0 Å². The van der Waals surface area contributed by atoms with Crippen molar-refractivity contribution in [2.24, 2.45) is 23.2 Å². The van der Waals surface area contributed by atoms with Crippen LogP contribution in [0.15, 0.2) is 58.7 Å². The lowest BCUT2D eigenvalue weighted by atomic mass is 9.50. The van der Waals surface area contributed by atoms with Gasteiger partial charge in [0, 0.05) is 29.4 Å². The molecular formula is C32H48O5S2. The molecule has 4 N–H and O–H groups in total. The topological polar surface area (TPSA) is 98.0 Å². The largest absolute Gasteiger partial charge is 0.396 e. The molecule has 3 aliphatic rings. The van der Waals surface area contributed by atoms with Crippen LogP contribution >= 0.6 is 21.6 Å². The van der Waals surface area contributed by atoms with Gasteiger partial charge in [0.1, 0.15) is 6.29 Å². The van der Waals surface area contributed by atoms with Crippen molar-refractivity contribution in [2.75, 3.05) is 24.7 Å². The van der Waals surface area contributed by atoms with Crippen LogP contribution < -0.4 is 0 Å². The Balaban J connectivity index is 2.03. The number of aliphatic hydroxyl groups excluding tert-OH is 3. The summed E-state index contributed by atoms with van der Waals surface area (Å²) in [5.74, 6) is 1.11.